The lowest BCUT2D eigenvalue weighted by atomic mass is 9.99. The number of carbonyl (C=O) groups excluding carboxylic acids is 1. The first-order chi connectivity index (χ1) is 31.8. The van der Waals surface area contributed by atoms with E-state index in [2.05, 4.69) is 67.8 Å². The van der Waals surface area contributed by atoms with Crippen LogP contribution in [0.4, 0.5) is 0 Å². The Balaban J connectivity index is 2.25. The number of carbonyl (C=O) groups is 1. The van der Waals surface area contributed by atoms with Gasteiger partial charge in [-0.2, -0.15) is 0 Å². The predicted octanol–water partition coefficient (Wildman–Crippen LogP) is 12.7. The third-order valence-electron chi connectivity index (χ3n) is 12.5. The van der Waals surface area contributed by atoms with Crippen molar-refractivity contribution in [1.29, 1.82) is 0 Å². The van der Waals surface area contributed by atoms with Gasteiger partial charge in [-0.15, -0.1) is 0 Å². The van der Waals surface area contributed by atoms with E-state index in [0.717, 1.165) is 77.0 Å². The van der Waals surface area contributed by atoms with E-state index in [1.807, 2.05) is 6.08 Å². The van der Waals surface area contributed by atoms with Crippen molar-refractivity contribution in [2.75, 3.05) is 13.2 Å². The highest BCUT2D eigenvalue weighted by Gasteiger charge is 2.44. The first kappa shape index (κ1) is 60.9. The topological polar surface area (TPSA) is 149 Å². The Hall–Kier alpha value is -2.11. The molecular formula is C56H101NO8. The molecule has 0 aliphatic carbocycles. The Morgan fingerprint density at radius 2 is 0.954 bits per heavy atom. The molecule has 9 heteroatoms. The molecule has 0 spiro atoms. The molecule has 9 nitrogen and oxygen atoms in total. The van der Waals surface area contributed by atoms with Crippen LogP contribution in [-0.4, -0.2) is 87.5 Å². The van der Waals surface area contributed by atoms with Crippen LogP contribution in [0.3, 0.4) is 0 Å². The molecule has 0 saturated carbocycles. The molecule has 0 radical (unpaired) electrons. The number of ether oxygens (including phenoxy) is 2. The number of nitrogens with one attached hydrogen (secondary N) is 1. The van der Waals surface area contributed by atoms with Gasteiger partial charge in [-0.25, -0.2) is 0 Å². The van der Waals surface area contributed by atoms with Crippen molar-refractivity contribution in [2.24, 2.45) is 0 Å². The molecule has 7 unspecified atom stereocenters. The summed E-state index contributed by atoms with van der Waals surface area (Å²) in [5.74, 6) is -0.207. The van der Waals surface area contributed by atoms with Crippen LogP contribution in [0.15, 0.2) is 60.8 Å². The van der Waals surface area contributed by atoms with Crippen molar-refractivity contribution in [2.45, 2.75) is 275 Å². The summed E-state index contributed by atoms with van der Waals surface area (Å²) >= 11 is 0. The molecule has 1 amide bonds. The number of unbranched alkanes of at least 4 members (excludes halogenated alkanes) is 27. The summed E-state index contributed by atoms with van der Waals surface area (Å²) < 4.78 is 11.2. The molecule has 1 rings (SSSR count). The molecular weight excluding hydrogens is 815 g/mol. The largest absolute Gasteiger partial charge is 0.394 e. The first-order valence-corrected chi connectivity index (χ1v) is 27.0. The van der Waals surface area contributed by atoms with Crippen LogP contribution in [0.1, 0.15) is 232 Å². The van der Waals surface area contributed by atoms with Crippen LogP contribution >= 0.6 is 0 Å². The smallest absolute Gasteiger partial charge is 0.220 e. The summed E-state index contributed by atoms with van der Waals surface area (Å²) in [6.45, 7) is 3.68. The minimum atomic E-state index is -1.58. The SMILES string of the molecule is CCC/C=C\C/C=C\CCCCCCCC(=O)NC(COC1OC(CO)C(O)C(O)C1O)C(O)/C=C/CC/C=C/CC/C=C/CCCCCCCCCCCCCCCCCCCCC. The van der Waals surface area contributed by atoms with Crippen LogP contribution in [0.5, 0.6) is 0 Å². The van der Waals surface area contributed by atoms with Gasteiger partial charge in [-0.3, -0.25) is 4.79 Å². The summed E-state index contributed by atoms with van der Waals surface area (Å²) in [5.41, 5.74) is 0. The van der Waals surface area contributed by atoms with Crippen LogP contribution < -0.4 is 5.32 Å². The Morgan fingerprint density at radius 1 is 0.523 bits per heavy atom. The zero-order valence-corrected chi connectivity index (χ0v) is 41.7. The maximum atomic E-state index is 13.0. The summed E-state index contributed by atoms with van der Waals surface area (Å²) in [4.78, 5) is 13.0. The normalized spacial score (nSPS) is 20.4. The zero-order valence-electron chi connectivity index (χ0n) is 41.7. The van der Waals surface area contributed by atoms with E-state index < -0.39 is 49.5 Å². The fourth-order valence-corrected chi connectivity index (χ4v) is 8.23. The van der Waals surface area contributed by atoms with Crippen molar-refractivity contribution < 1.29 is 39.8 Å². The molecule has 0 aromatic heterocycles. The molecule has 1 saturated heterocycles. The second-order valence-corrected chi connectivity index (χ2v) is 18.6. The number of amides is 1. The molecule has 0 aromatic rings. The highest BCUT2D eigenvalue weighted by atomic mass is 16.7. The fourth-order valence-electron chi connectivity index (χ4n) is 8.23. The molecule has 7 atom stereocenters. The van der Waals surface area contributed by atoms with E-state index in [-0.39, 0.29) is 12.5 Å². The average molecular weight is 916 g/mol. The van der Waals surface area contributed by atoms with Gasteiger partial charge in [-0.05, 0) is 70.6 Å². The molecule has 65 heavy (non-hydrogen) atoms. The van der Waals surface area contributed by atoms with Gasteiger partial charge in [0, 0.05) is 6.42 Å². The monoisotopic (exact) mass is 916 g/mol. The minimum Gasteiger partial charge on any atom is -0.394 e. The first-order valence-electron chi connectivity index (χ1n) is 27.0. The Labute approximate surface area is 398 Å². The molecule has 1 aliphatic heterocycles. The van der Waals surface area contributed by atoms with Gasteiger partial charge in [0.25, 0.3) is 0 Å². The number of aliphatic hydroxyl groups excluding tert-OH is 5. The number of aliphatic hydroxyl groups is 5. The second-order valence-electron chi connectivity index (χ2n) is 18.6. The van der Waals surface area contributed by atoms with Gasteiger partial charge >= 0.3 is 0 Å². The Morgan fingerprint density at radius 3 is 1.45 bits per heavy atom. The third kappa shape index (κ3) is 35.7. The molecule has 0 aromatic carbocycles. The lowest BCUT2D eigenvalue weighted by molar-refractivity contribution is -0.302. The van der Waals surface area contributed by atoms with Crippen molar-refractivity contribution >= 4 is 5.91 Å². The van der Waals surface area contributed by atoms with Gasteiger partial charge in [0.15, 0.2) is 6.29 Å². The summed E-state index contributed by atoms with van der Waals surface area (Å²) in [6, 6.07) is -0.837. The number of allylic oxidation sites excluding steroid dienone is 9. The quantitative estimate of drug-likeness (QED) is 0.0261. The van der Waals surface area contributed by atoms with Crippen LogP contribution in [0.25, 0.3) is 0 Å². The molecule has 1 aliphatic rings. The van der Waals surface area contributed by atoms with Gasteiger partial charge < -0.3 is 40.3 Å². The van der Waals surface area contributed by atoms with E-state index in [1.165, 1.54) is 135 Å². The second kappa shape index (κ2) is 45.7. The third-order valence-corrected chi connectivity index (χ3v) is 12.5. The van der Waals surface area contributed by atoms with Crippen molar-refractivity contribution in [3.05, 3.63) is 60.8 Å². The van der Waals surface area contributed by atoms with Crippen molar-refractivity contribution in [3.8, 4) is 0 Å². The molecule has 378 valence electrons. The van der Waals surface area contributed by atoms with E-state index >= 15 is 0 Å². The predicted molar refractivity (Wildman–Crippen MR) is 272 cm³/mol. The molecule has 6 N–H and O–H groups in total. The Kier molecular flexibility index (Phi) is 42.8. The summed E-state index contributed by atoms with van der Waals surface area (Å²) in [7, 11) is 0. The van der Waals surface area contributed by atoms with Crippen LogP contribution in [-0.2, 0) is 14.3 Å². The van der Waals surface area contributed by atoms with Gasteiger partial charge in [0.05, 0.1) is 25.4 Å². The Bertz CT molecular complexity index is 1200. The molecule has 0 bridgehead atoms. The molecule has 1 heterocycles. The standard InChI is InChI=1S/C56H101NO8/c1-3-5-7-9-11-13-15-17-18-19-20-21-22-23-24-25-26-27-28-29-30-31-32-34-35-37-39-41-43-45-50(59)49(48-64-56-55(63)54(62)53(61)51(47-58)65-56)57-52(60)46-44-42-40-38-36-33-16-14-12-10-8-6-4-2/h8,10,14,16,30-31,35,37,43,45,49-51,53-56,58-59,61-63H,3-7,9,11-13,15,17-29,32-34,36,38-42,44,46-48H2,1-2H3,(H,57,60)/b10-8-,16-14-,31-30+,37-35+,45-43+. The highest BCUT2D eigenvalue weighted by Crippen LogP contribution is 2.23. The van der Waals surface area contributed by atoms with Gasteiger partial charge in [0.2, 0.25) is 5.91 Å². The number of hydrogen-bond acceptors (Lipinski definition) is 8. The zero-order chi connectivity index (χ0) is 47.3. The number of rotatable bonds is 45. The van der Waals surface area contributed by atoms with Crippen molar-refractivity contribution in [1.82, 2.24) is 5.32 Å². The maximum Gasteiger partial charge on any atom is 0.220 e. The summed E-state index contributed by atoms with van der Waals surface area (Å²) in [5, 5.41) is 54.3. The van der Waals surface area contributed by atoms with Crippen LogP contribution in [0, 0.1) is 0 Å². The minimum absolute atomic E-state index is 0.207. The van der Waals surface area contributed by atoms with E-state index in [4.69, 9.17) is 9.47 Å². The summed E-state index contributed by atoms with van der Waals surface area (Å²) in [6.07, 6.45) is 54.4. The average Bonchev–Trinajstić information content (AvgIpc) is 3.31. The lowest BCUT2D eigenvalue weighted by Crippen LogP contribution is -2.60. The highest BCUT2D eigenvalue weighted by molar-refractivity contribution is 5.76. The fraction of sp³-hybridized carbons (Fsp3) is 0.804. The molecule has 1 fully saturated rings. The van der Waals surface area contributed by atoms with E-state index in [0.29, 0.717) is 6.42 Å². The van der Waals surface area contributed by atoms with Crippen molar-refractivity contribution in [3.63, 3.8) is 0 Å². The van der Waals surface area contributed by atoms with E-state index in [1.54, 1.807) is 6.08 Å². The van der Waals surface area contributed by atoms with Gasteiger partial charge in [0.1, 0.15) is 24.4 Å². The van der Waals surface area contributed by atoms with E-state index in [9.17, 15) is 30.3 Å². The van der Waals surface area contributed by atoms with Gasteiger partial charge in [-0.1, -0.05) is 216 Å². The maximum absolute atomic E-state index is 13.0. The number of hydrogen-bond donors (Lipinski definition) is 6. The van der Waals surface area contributed by atoms with Crippen LogP contribution in [0.2, 0.25) is 0 Å². The lowest BCUT2D eigenvalue weighted by Gasteiger charge is -2.40.